The van der Waals surface area contributed by atoms with Crippen LogP contribution in [0.5, 0.6) is 11.5 Å². The fourth-order valence-corrected chi connectivity index (χ4v) is 5.38. The minimum Gasteiger partial charge on any atom is -0.506 e. The SMILES string of the molecule is COc1cc2oc(-c3ccc([C@@H]4O[C@H](CO)[C@@H](O)[C@H](O)[C@H]4O)cc3)cc(=O)c2c(O)c1[C@H]1C[C@@H](O)[C@@H](O)[C@@H](C)O1. The first-order chi connectivity index (χ1) is 19.0. The highest BCUT2D eigenvalue weighted by molar-refractivity contribution is 5.88. The third-order valence-electron chi connectivity index (χ3n) is 7.66. The molecule has 3 aromatic rings. The smallest absolute Gasteiger partial charge is 0.197 e. The first-order valence-electron chi connectivity index (χ1n) is 12.9. The molecule has 9 atom stereocenters. The summed E-state index contributed by atoms with van der Waals surface area (Å²) >= 11 is 0. The normalized spacial score (nSPS) is 32.8. The molecule has 1 aromatic heterocycles. The minimum atomic E-state index is -1.52. The van der Waals surface area contributed by atoms with Gasteiger partial charge in [-0.3, -0.25) is 4.79 Å². The quantitative estimate of drug-likeness (QED) is 0.225. The van der Waals surface area contributed by atoms with Crippen LogP contribution in [-0.4, -0.2) is 92.2 Å². The molecule has 2 fully saturated rings. The molecule has 0 spiro atoms. The van der Waals surface area contributed by atoms with Gasteiger partial charge in [-0.05, 0) is 12.5 Å². The van der Waals surface area contributed by atoms with Crippen LogP contribution < -0.4 is 10.2 Å². The molecule has 2 aromatic carbocycles. The summed E-state index contributed by atoms with van der Waals surface area (Å²) < 4.78 is 22.8. The second kappa shape index (κ2) is 11.1. The minimum absolute atomic E-state index is 0.0227. The van der Waals surface area contributed by atoms with Gasteiger partial charge in [0.25, 0.3) is 0 Å². The van der Waals surface area contributed by atoms with Gasteiger partial charge in [0.2, 0.25) is 0 Å². The van der Waals surface area contributed by atoms with Crippen molar-refractivity contribution in [3.63, 3.8) is 0 Å². The Morgan fingerprint density at radius 2 is 1.65 bits per heavy atom. The fraction of sp³-hybridized carbons (Fsp3) is 0.464. The van der Waals surface area contributed by atoms with Crippen molar-refractivity contribution < 1.29 is 54.4 Å². The van der Waals surface area contributed by atoms with Crippen molar-refractivity contribution in [2.24, 2.45) is 0 Å². The van der Waals surface area contributed by atoms with Crippen LogP contribution in [0.3, 0.4) is 0 Å². The lowest BCUT2D eigenvalue weighted by Gasteiger charge is -2.40. The maximum atomic E-state index is 13.2. The first-order valence-corrected chi connectivity index (χ1v) is 12.9. The highest BCUT2D eigenvalue weighted by atomic mass is 16.5. The summed E-state index contributed by atoms with van der Waals surface area (Å²) in [4.78, 5) is 13.2. The van der Waals surface area contributed by atoms with Crippen LogP contribution in [0, 0.1) is 0 Å². The number of phenolic OH excluding ortho intramolecular Hbond substituents is 1. The van der Waals surface area contributed by atoms with Crippen LogP contribution in [0.1, 0.15) is 36.7 Å². The number of aliphatic hydroxyl groups is 6. The molecular weight excluding hydrogens is 528 g/mol. The van der Waals surface area contributed by atoms with E-state index in [0.717, 1.165) is 0 Å². The van der Waals surface area contributed by atoms with Crippen molar-refractivity contribution in [1.29, 1.82) is 0 Å². The van der Waals surface area contributed by atoms with Gasteiger partial charge in [-0.2, -0.15) is 0 Å². The third kappa shape index (κ3) is 4.86. The Labute approximate surface area is 228 Å². The second-order valence-electron chi connectivity index (χ2n) is 10.2. The van der Waals surface area contributed by atoms with Crippen LogP contribution >= 0.6 is 0 Å². The number of hydrogen-bond donors (Lipinski definition) is 7. The molecule has 7 N–H and O–H groups in total. The number of hydrogen-bond acceptors (Lipinski definition) is 12. The average Bonchev–Trinajstić information content (AvgIpc) is 2.94. The van der Waals surface area contributed by atoms with E-state index in [4.69, 9.17) is 18.6 Å². The predicted molar refractivity (Wildman–Crippen MR) is 139 cm³/mol. The highest BCUT2D eigenvalue weighted by Gasteiger charge is 2.44. The topological polar surface area (TPSA) is 200 Å². The number of methoxy groups -OCH3 is 1. The van der Waals surface area contributed by atoms with Crippen LogP contribution in [-0.2, 0) is 9.47 Å². The summed E-state index contributed by atoms with van der Waals surface area (Å²) in [5.74, 6) is -0.0643. The van der Waals surface area contributed by atoms with E-state index in [2.05, 4.69) is 0 Å². The number of aromatic hydroxyl groups is 1. The van der Waals surface area contributed by atoms with Gasteiger partial charge in [-0.25, -0.2) is 0 Å². The van der Waals surface area contributed by atoms with E-state index in [1.54, 1.807) is 31.2 Å². The summed E-state index contributed by atoms with van der Waals surface area (Å²) in [6, 6.07) is 9.06. The molecular formula is C28H32O12. The summed E-state index contributed by atoms with van der Waals surface area (Å²) in [6.07, 6.45) is -10.3. The molecule has 0 amide bonds. The molecule has 5 rings (SSSR count). The molecule has 0 unspecified atom stereocenters. The third-order valence-corrected chi connectivity index (χ3v) is 7.66. The van der Waals surface area contributed by atoms with Gasteiger partial charge in [-0.1, -0.05) is 24.3 Å². The standard InChI is InChI=1S/C28H32O12/c1-11-23(32)15(31)8-18(38-11)22-17(37-2)9-19-21(25(22)34)14(30)7-16(39-19)12-3-5-13(6-4-12)28-27(36)26(35)24(33)20(10-29)40-28/h3-7,9,11,15,18,20,23-24,26-29,31-36H,8,10H2,1-2H3/t11-,15-,18-,20-,23+,24-,26+,27-,28+/m1/s1. The van der Waals surface area contributed by atoms with Gasteiger partial charge in [0.05, 0.1) is 37.6 Å². The number of ether oxygens (including phenoxy) is 3. The monoisotopic (exact) mass is 560 g/mol. The van der Waals surface area contributed by atoms with Crippen molar-refractivity contribution >= 4 is 11.0 Å². The van der Waals surface area contributed by atoms with Gasteiger partial charge >= 0.3 is 0 Å². The predicted octanol–water partition coefficient (Wildman–Crippen LogP) is 0.261. The molecule has 0 radical (unpaired) electrons. The van der Waals surface area contributed by atoms with Gasteiger partial charge in [0.15, 0.2) is 5.43 Å². The molecule has 40 heavy (non-hydrogen) atoms. The van der Waals surface area contributed by atoms with Crippen molar-refractivity contribution in [2.45, 2.75) is 68.3 Å². The maximum Gasteiger partial charge on any atom is 0.197 e. The summed E-state index contributed by atoms with van der Waals surface area (Å²) in [5, 5.41) is 71.2. The van der Waals surface area contributed by atoms with Crippen molar-refractivity contribution in [3.05, 3.63) is 57.7 Å². The van der Waals surface area contributed by atoms with E-state index in [1.807, 2.05) is 0 Å². The van der Waals surface area contributed by atoms with Gasteiger partial charge in [0, 0.05) is 24.1 Å². The molecule has 2 aliphatic heterocycles. The van der Waals surface area contributed by atoms with Gasteiger partial charge in [0.1, 0.15) is 64.9 Å². The van der Waals surface area contributed by atoms with E-state index >= 15 is 0 Å². The van der Waals surface area contributed by atoms with Crippen LogP contribution in [0.15, 0.2) is 45.6 Å². The van der Waals surface area contributed by atoms with Crippen LogP contribution in [0.2, 0.25) is 0 Å². The fourth-order valence-electron chi connectivity index (χ4n) is 5.38. The molecule has 216 valence electrons. The lowest BCUT2D eigenvalue weighted by Crippen LogP contribution is -2.55. The lowest BCUT2D eigenvalue weighted by atomic mass is 9.91. The van der Waals surface area contributed by atoms with Crippen LogP contribution in [0.25, 0.3) is 22.3 Å². The van der Waals surface area contributed by atoms with Gasteiger partial charge < -0.3 is 54.4 Å². The Balaban J connectivity index is 1.49. The van der Waals surface area contributed by atoms with Gasteiger partial charge in [-0.15, -0.1) is 0 Å². The van der Waals surface area contributed by atoms with Crippen molar-refractivity contribution in [3.8, 4) is 22.8 Å². The van der Waals surface area contributed by atoms with E-state index in [-0.39, 0.29) is 34.5 Å². The Hall–Kier alpha value is -3.07. The number of benzene rings is 2. The number of phenols is 1. The first kappa shape index (κ1) is 28.5. The summed E-state index contributed by atoms with van der Waals surface area (Å²) in [6.45, 7) is 1.04. The maximum absolute atomic E-state index is 13.2. The van der Waals surface area contributed by atoms with E-state index in [0.29, 0.717) is 11.1 Å². The average molecular weight is 561 g/mol. The Bertz CT molecular complexity index is 1410. The largest absolute Gasteiger partial charge is 0.506 e. The molecule has 0 aliphatic carbocycles. The van der Waals surface area contributed by atoms with Crippen molar-refractivity contribution in [1.82, 2.24) is 0 Å². The zero-order chi connectivity index (χ0) is 28.9. The molecule has 0 bridgehead atoms. The highest BCUT2D eigenvalue weighted by Crippen LogP contribution is 2.45. The Morgan fingerprint density at radius 1 is 0.950 bits per heavy atom. The van der Waals surface area contributed by atoms with Crippen LogP contribution in [0.4, 0.5) is 0 Å². The van der Waals surface area contributed by atoms with E-state index in [1.165, 1.54) is 19.2 Å². The molecule has 3 heterocycles. The summed E-state index contributed by atoms with van der Waals surface area (Å²) in [5.41, 5.74) is 0.609. The van der Waals surface area contributed by atoms with E-state index < -0.39 is 72.7 Å². The summed E-state index contributed by atoms with van der Waals surface area (Å²) in [7, 11) is 1.38. The molecule has 12 nitrogen and oxygen atoms in total. The Kier molecular flexibility index (Phi) is 7.88. The number of aliphatic hydroxyl groups excluding tert-OH is 6. The second-order valence-corrected chi connectivity index (χ2v) is 10.2. The van der Waals surface area contributed by atoms with E-state index in [9.17, 15) is 40.5 Å². The zero-order valence-corrected chi connectivity index (χ0v) is 21.7. The molecule has 2 aliphatic rings. The number of rotatable bonds is 5. The molecule has 12 heteroatoms. The van der Waals surface area contributed by atoms with Crippen molar-refractivity contribution in [2.75, 3.05) is 13.7 Å². The molecule has 2 saturated heterocycles. The number of fused-ring (bicyclic) bond motifs is 1. The zero-order valence-electron chi connectivity index (χ0n) is 21.7. The Morgan fingerprint density at radius 3 is 2.27 bits per heavy atom. The molecule has 0 saturated carbocycles. The lowest BCUT2D eigenvalue weighted by molar-refractivity contribution is -0.231.